The van der Waals surface area contributed by atoms with Crippen molar-refractivity contribution in [2.24, 2.45) is 0 Å². The van der Waals surface area contributed by atoms with Gasteiger partial charge in [-0.3, -0.25) is 4.79 Å². The number of aryl methyl sites for hydroxylation is 1. The van der Waals surface area contributed by atoms with Crippen LogP contribution in [0.2, 0.25) is 0 Å². The van der Waals surface area contributed by atoms with E-state index in [1.807, 2.05) is 42.7 Å². The summed E-state index contributed by atoms with van der Waals surface area (Å²) in [6.45, 7) is 6.91. The summed E-state index contributed by atoms with van der Waals surface area (Å²) < 4.78 is 7.29. The molecule has 0 radical (unpaired) electrons. The topological polar surface area (TPSA) is 60.3 Å². The Morgan fingerprint density at radius 3 is 2.68 bits per heavy atom. The van der Waals surface area contributed by atoms with E-state index in [0.29, 0.717) is 12.1 Å². The third-order valence-electron chi connectivity index (χ3n) is 3.55. The molecule has 2 aromatic rings. The molecule has 5 heteroatoms. The van der Waals surface area contributed by atoms with Gasteiger partial charge >= 0.3 is 5.97 Å². The SMILES string of the molecule is CCCNC(=O)C(C)OC(=O)c1cn(CC)c2ccccc12. The first-order valence-corrected chi connectivity index (χ1v) is 7.65. The van der Waals surface area contributed by atoms with Gasteiger partial charge in [-0.15, -0.1) is 0 Å². The minimum absolute atomic E-state index is 0.269. The van der Waals surface area contributed by atoms with Gasteiger partial charge in [0.15, 0.2) is 6.10 Å². The number of nitrogens with zero attached hydrogens (tertiary/aromatic N) is 1. The molecule has 0 aliphatic heterocycles. The third kappa shape index (κ3) is 3.30. The lowest BCUT2D eigenvalue weighted by atomic mass is 10.2. The Morgan fingerprint density at radius 2 is 2.00 bits per heavy atom. The molecule has 0 saturated heterocycles. The number of hydrogen-bond donors (Lipinski definition) is 1. The Labute approximate surface area is 130 Å². The van der Waals surface area contributed by atoms with E-state index in [2.05, 4.69) is 5.32 Å². The van der Waals surface area contributed by atoms with Gasteiger partial charge in [0.05, 0.1) is 5.56 Å². The number of amides is 1. The predicted molar refractivity (Wildman–Crippen MR) is 85.8 cm³/mol. The van der Waals surface area contributed by atoms with Crippen LogP contribution >= 0.6 is 0 Å². The lowest BCUT2D eigenvalue weighted by Gasteiger charge is -2.12. The lowest BCUT2D eigenvalue weighted by molar-refractivity contribution is -0.129. The van der Waals surface area contributed by atoms with Gasteiger partial charge in [0, 0.05) is 30.2 Å². The fourth-order valence-corrected chi connectivity index (χ4v) is 2.34. The lowest BCUT2D eigenvalue weighted by Crippen LogP contribution is -2.36. The molecule has 1 atom stereocenters. The van der Waals surface area contributed by atoms with Gasteiger partial charge in [-0.2, -0.15) is 0 Å². The molecule has 1 N–H and O–H groups in total. The number of fused-ring (bicyclic) bond motifs is 1. The van der Waals surface area contributed by atoms with Crippen LogP contribution in [0.4, 0.5) is 0 Å². The Balaban J connectivity index is 2.18. The fourth-order valence-electron chi connectivity index (χ4n) is 2.34. The molecule has 0 aliphatic rings. The van der Waals surface area contributed by atoms with E-state index in [9.17, 15) is 9.59 Å². The van der Waals surface area contributed by atoms with Crippen molar-refractivity contribution in [1.82, 2.24) is 9.88 Å². The van der Waals surface area contributed by atoms with Crippen LogP contribution in [0.3, 0.4) is 0 Å². The predicted octanol–water partition coefficient (Wildman–Crippen LogP) is 2.73. The third-order valence-corrected chi connectivity index (χ3v) is 3.55. The van der Waals surface area contributed by atoms with Crippen LogP contribution < -0.4 is 5.32 Å². The zero-order valence-corrected chi connectivity index (χ0v) is 13.3. The molecule has 1 unspecified atom stereocenters. The number of nitrogens with one attached hydrogen (secondary N) is 1. The number of carbonyl (C=O) groups is 2. The van der Waals surface area contributed by atoms with Crippen LogP contribution in [0.5, 0.6) is 0 Å². The van der Waals surface area contributed by atoms with Gasteiger partial charge in [0.1, 0.15) is 0 Å². The minimum atomic E-state index is -0.803. The molecule has 0 bridgehead atoms. The van der Waals surface area contributed by atoms with Crippen molar-refractivity contribution in [3.63, 3.8) is 0 Å². The molecule has 0 spiro atoms. The molecule has 1 amide bonds. The molecule has 1 aromatic carbocycles. The maximum Gasteiger partial charge on any atom is 0.341 e. The van der Waals surface area contributed by atoms with E-state index < -0.39 is 12.1 Å². The number of carbonyl (C=O) groups excluding carboxylic acids is 2. The van der Waals surface area contributed by atoms with Gasteiger partial charge < -0.3 is 14.6 Å². The quantitative estimate of drug-likeness (QED) is 0.835. The van der Waals surface area contributed by atoms with Crippen LogP contribution in [-0.4, -0.2) is 29.1 Å². The van der Waals surface area contributed by atoms with E-state index >= 15 is 0 Å². The summed E-state index contributed by atoms with van der Waals surface area (Å²) in [6.07, 6.45) is 1.82. The molecule has 0 aliphatic carbocycles. The molecule has 5 nitrogen and oxygen atoms in total. The highest BCUT2D eigenvalue weighted by molar-refractivity contribution is 6.05. The summed E-state index contributed by atoms with van der Waals surface area (Å²) in [5.41, 5.74) is 1.48. The summed E-state index contributed by atoms with van der Waals surface area (Å²) >= 11 is 0. The minimum Gasteiger partial charge on any atom is -0.449 e. The van der Waals surface area contributed by atoms with Crippen molar-refractivity contribution in [3.05, 3.63) is 36.0 Å². The number of esters is 1. The second kappa shape index (κ2) is 7.11. The van der Waals surface area contributed by atoms with Crippen molar-refractivity contribution < 1.29 is 14.3 Å². The molecular formula is C17H22N2O3. The Morgan fingerprint density at radius 1 is 1.27 bits per heavy atom. The van der Waals surface area contributed by atoms with E-state index in [4.69, 9.17) is 4.74 Å². The van der Waals surface area contributed by atoms with Gasteiger partial charge in [0.25, 0.3) is 5.91 Å². The molecule has 0 saturated carbocycles. The van der Waals surface area contributed by atoms with Crippen LogP contribution in [0, 0.1) is 0 Å². The highest BCUT2D eigenvalue weighted by Crippen LogP contribution is 2.22. The van der Waals surface area contributed by atoms with Crippen LogP contribution in [0.15, 0.2) is 30.5 Å². The first kappa shape index (κ1) is 16.1. The second-order valence-corrected chi connectivity index (χ2v) is 5.18. The zero-order valence-electron chi connectivity index (χ0n) is 13.3. The molecule has 118 valence electrons. The smallest absolute Gasteiger partial charge is 0.341 e. The van der Waals surface area contributed by atoms with Crippen molar-refractivity contribution >= 4 is 22.8 Å². The molecule has 22 heavy (non-hydrogen) atoms. The van der Waals surface area contributed by atoms with E-state index in [-0.39, 0.29) is 5.91 Å². The first-order chi connectivity index (χ1) is 10.6. The summed E-state index contributed by atoms with van der Waals surface area (Å²) in [5.74, 6) is -0.739. The van der Waals surface area contributed by atoms with E-state index in [1.54, 1.807) is 13.1 Å². The number of ether oxygens (including phenoxy) is 1. The van der Waals surface area contributed by atoms with Gasteiger partial charge in [-0.05, 0) is 26.3 Å². The average molecular weight is 302 g/mol. The van der Waals surface area contributed by atoms with Gasteiger partial charge in [0.2, 0.25) is 0 Å². The van der Waals surface area contributed by atoms with Gasteiger partial charge in [-0.25, -0.2) is 4.79 Å². The summed E-state index contributed by atoms with van der Waals surface area (Å²) in [4.78, 5) is 24.2. The zero-order chi connectivity index (χ0) is 16.1. The molecule has 2 rings (SSSR count). The number of aromatic nitrogens is 1. The van der Waals surface area contributed by atoms with Crippen molar-refractivity contribution in [1.29, 1.82) is 0 Å². The summed E-state index contributed by atoms with van der Waals surface area (Å²) in [7, 11) is 0. The van der Waals surface area contributed by atoms with E-state index in [0.717, 1.165) is 23.9 Å². The maximum absolute atomic E-state index is 12.4. The number of benzene rings is 1. The average Bonchev–Trinajstić information content (AvgIpc) is 2.91. The standard InChI is InChI=1S/C17H22N2O3/c1-4-10-18-16(20)12(3)22-17(21)14-11-19(5-2)15-9-7-6-8-13(14)15/h6-9,11-12H,4-5,10H2,1-3H3,(H,18,20). The second-order valence-electron chi connectivity index (χ2n) is 5.18. The summed E-state index contributed by atoms with van der Waals surface area (Å²) in [5, 5.41) is 3.56. The number of rotatable bonds is 6. The highest BCUT2D eigenvalue weighted by Gasteiger charge is 2.21. The highest BCUT2D eigenvalue weighted by atomic mass is 16.5. The monoisotopic (exact) mass is 302 g/mol. The Hall–Kier alpha value is -2.30. The number of para-hydroxylation sites is 1. The van der Waals surface area contributed by atoms with Gasteiger partial charge in [-0.1, -0.05) is 25.1 Å². The normalized spacial score (nSPS) is 12.1. The van der Waals surface area contributed by atoms with E-state index in [1.165, 1.54) is 0 Å². The largest absolute Gasteiger partial charge is 0.449 e. The van der Waals surface area contributed by atoms with Crippen LogP contribution in [0.1, 0.15) is 37.6 Å². The fraction of sp³-hybridized carbons (Fsp3) is 0.412. The Bertz CT molecular complexity index is 676. The first-order valence-electron chi connectivity index (χ1n) is 7.65. The summed E-state index contributed by atoms with van der Waals surface area (Å²) in [6, 6.07) is 7.67. The van der Waals surface area contributed by atoms with Crippen LogP contribution in [0.25, 0.3) is 10.9 Å². The van der Waals surface area contributed by atoms with Crippen molar-refractivity contribution in [3.8, 4) is 0 Å². The molecular weight excluding hydrogens is 280 g/mol. The number of hydrogen-bond acceptors (Lipinski definition) is 3. The van der Waals surface area contributed by atoms with Crippen molar-refractivity contribution in [2.75, 3.05) is 6.54 Å². The Kier molecular flexibility index (Phi) is 5.20. The molecule has 1 heterocycles. The molecule has 0 fully saturated rings. The maximum atomic E-state index is 12.4. The van der Waals surface area contributed by atoms with Crippen LogP contribution in [-0.2, 0) is 16.1 Å². The molecule has 1 aromatic heterocycles. The van der Waals surface area contributed by atoms with Crippen molar-refractivity contribution in [2.45, 2.75) is 39.8 Å².